The quantitative estimate of drug-likeness (QED) is 0.480. The minimum atomic E-state index is -6.09. The normalized spacial score (nSPS) is 11.8. The van der Waals surface area contributed by atoms with E-state index in [4.69, 9.17) is 17.7 Å². The summed E-state index contributed by atoms with van der Waals surface area (Å²) in [6, 6.07) is 9.96. The summed E-state index contributed by atoms with van der Waals surface area (Å²) in [6.07, 6.45) is 4.46. The lowest BCUT2D eigenvalue weighted by molar-refractivity contribution is -0.0517. The van der Waals surface area contributed by atoms with Gasteiger partial charge in [0.05, 0.1) is 12.5 Å². The van der Waals surface area contributed by atoms with Crippen molar-refractivity contribution in [3.05, 3.63) is 30.3 Å². The topological polar surface area (TPSA) is 66.4 Å². The molecule has 4 nitrogen and oxygen atoms in total. The first kappa shape index (κ1) is 19.1. The highest BCUT2D eigenvalue weighted by Gasteiger charge is 2.36. The van der Waals surface area contributed by atoms with E-state index in [2.05, 4.69) is 12.5 Å². The lowest BCUT2D eigenvalue weighted by Crippen LogP contribution is -2.21. The molecule has 1 aromatic rings. The molecule has 0 unspecified atom stereocenters. The minimum Gasteiger partial charge on any atom is -0.741 e. The summed E-state index contributed by atoms with van der Waals surface area (Å²) in [5.41, 5.74) is -5.65. The van der Waals surface area contributed by atoms with Crippen molar-refractivity contribution >= 4 is 21.0 Å². The predicted molar refractivity (Wildman–Crippen MR) is 71.8 cm³/mol. The van der Waals surface area contributed by atoms with Crippen LogP contribution in [0.15, 0.2) is 30.3 Å². The number of hydrogen-bond donors (Lipinski definition) is 0. The van der Waals surface area contributed by atoms with Gasteiger partial charge in [0, 0.05) is 0 Å². The summed E-state index contributed by atoms with van der Waals surface area (Å²) < 4.78 is 64.4. The summed E-state index contributed by atoms with van der Waals surface area (Å²) in [5.74, 6) is 2.12. The van der Waals surface area contributed by atoms with Crippen LogP contribution >= 0.6 is 0 Å². The van der Waals surface area contributed by atoms with E-state index in [0.717, 1.165) is 18.1 Å². The van der Waals surface area contributed by atoms with Crippen LogP contribution in [0.4, 0.5) is 13.2 Å². The Hall–Kier alpha value is -0.930. The van der Waals surface area contributed by atoms with E-state index in [9.17, 15) is 13.2 Å². The predicted octanol–water partition coefficient (Wildman–Crippen LogP) is 1.99. The molecular weight excluding hydrogens is 317 g/mol. The summed E-state index contributed by atoms with van der Waals surface area (Å²) in [4.78, 5) is 0. The lowest BCUT2D eigenvalue weighted by atomic mass is 10.3. The van der Waals surface area contributed by atoms with Crippen molar-refractivity contribution in [3.63, 3.8) is 0 Å². The SMILES string of the molecule is C[S+](C)CCOc1ccccc1.O=S(=O)([O-])C(F)(F)F. The Balaban J connectivity index is 0.000000396. The zero-order valence-corrected chi connectivity index (χ0v) is 12.5. The zero-order chi connectivity index (χ0) is 15.8. The third-order valence-corrected chi connectivity index (χ3v) is 3.34. The first-order chi connectivity index (χ1) is 9.04. The molecule has 0 aliphatic rings. The molecule has 0 spiro atoms. The Morgan fingerprint density at radius 3 is 2.00 bits per heavy atom. The second-order valence-electron chi connectivity index (χ2n) is 3.75. The largest absolute Gasteiger partial charge is 0.741 e. The van der Waals surface area contributed by atoms with Crippen LogP contribution in [-0.2, 0) is 21.0 Å². The molecular formula is C11H15F3O4S2. The van der Waals surface area contributed by atoms with Crippen LogP contribution in [0.3, 0.4) is 0 Å². The summed E-state index contributed by atoms with van der Waals surface area (Å²) in [6.45, 7) is 0.833. The van der Waals surface area contributed by atoms with Crippen molar-refractivity contribution in [2.75, 3.05) is 24.9 Å². The van der Waals surface area contributed by atoms with Gasteiger partial charge in [-0.3, -0.25) is 0 Å². The Kier molecular flexibility index (Phi) is 7.99. The number of benzene rings is 1. The highest BCUT2D eigenvalue weighted by Crippen LogP contribution is 2.20. The van der Waals surface area contributed by atoms with Gasteiger partial charge >= 0.3 is 5.51 Å². The van der Waals surface area contributed by atoms with E-state index in [0.29, 0.717) is 10.9 Å². The van der Waals surface area contributed by atoms with Crippen LogP contribution in [0, 0.1) is 0 Å². The third-order valence-electron chi connectivity index (χ3n) is 1.79. The maximum Gasteiger partial charge on any atom is 0.485 e. The van der Waals surface area contributed by atoms with Gasteiger partial charge in [0.2, 0.25) is 0 Å². The van der Waals surface area contributed by atoms with Crippen LogP contribution < -0.4 is 4.74 Å². The van der Waals surface area contributed by atoms with Gasteiger partial charge in [-0.2, -0.15) is 13.2 Å². The van der Waals surface area contributed by atoms with Crippen molar-refractivity contribution in [2.24, 2.45) is 0 Å². The Bertz CT molecular complexity index is 472. The van der Waals surface area contributed by atoms with Gasteiger partial charge in [0.25, 0.3) is 0 Å². The molecule has 0 heterocycles. The third kappa shape index (κ3) is 9.05. The molecule has 116 valence electrons. The molecule has 0 fully saturated rings. The summed E-state index contributed by atoms with van der Waals surface area (Å²) >= 11 is 0. The maximum atomic E-state index is 10.7. The fourth-order valence-electron chi connectivity index (χ4n) is 0.843. The molecule has 20 heavy (non-hydrogen) atoms. The average molecular weight is 332 g/mol. The lowest BCUT2D eigenvalue weighted by Gasteiger charge is -2.08. The number of hydrogen-bond acceptors (Lipinski definition) is 4. The molecule has 0 bridgehead atoms. The first-order valence-electron chi connectivity index (χ1n) is 5.28. The molecule has 0 aliphatic carbocycles. The first-order valence-corrected chi connectivity index (χ1v) is 8.90. The number of halogens is 3. The minimum absolute atomic E-state index is 0.486. The van der Waals surface area contributed by atoms with E-state index >= 15 is 0 Å². The molecule has 0 aromatic heterocycles. The van der Waals surface area contributed by atoms with Gasteiger partial charge in [0.15, 0.2) is 10.1 Å². The van der Waals surface area contributed by atoms with Gasteiger partial charge in [-0.25, -0.2) is 8.42 Å². The summed E-state index contributed by atoms with van der Waals surface area (Å²) in [5, 5.41) is 0. The molecule has 1 aromatic carbocycles. The van der Waals surface area contributed by atoms with Crippen molar-refractivity contribution in [2.45, 2.75) is 5.51 Å². The van der Waals surface area contributed by atoms with Crippen molar-refractivity contribution in [1.29, 1.82) is 0 Å². The van der Waals surface area contributed by atoms with Crippen molar-refractivity contribution in [1.82, 2.24) is 0 Å². The van der Waals surface area contributed by atoms with Gasteiger partial charge < -0.3 is 9.29 Å². The fraction of sp³-hybridized carbons (Fsp3) is 0.455. The number of alkyl halides is 3. The van der Waals surface area contributed by atoms with Crippen LogP contribution in [-0.4, -0.2) is 43.4 Å². The smallest absolute Gasteiger partial charge is 0.485 e. The second-order valence-corrected chi connectivity index (χ2v) is 7.50. The maximum absolute atomic E-state index is 10.7. The average Bonchev–Trinajstić information content (AvgIpc) is 2.28. The van der Waals surface area contributed by atoms with Gasteiger partial charge in [-0.1, -0.05) is 18.2 Å². The Labute approximate surface area is 119 Å². The van der Waals surface area contributed by atoms with Crippen LogP contribution in [0.25, 0.3) is 0 Å². The number of para-hydroxylation sites is 1. The van der Waals surface area contributed by atoms with Crippen molar-refractivity contribution < 1.29 is 30.9 Å². The van der Waals surface area contributed by atoms with Gasteiger partial charge in [0.1, 0.15) is 18.1 Å². The van der Waals surface area contributed by atoms with Gasteiger partial charge in [-0.15, -0.1) is 0 Å². The van der Waals surface area contributed by atoms with E-state index in [1.807, 2.05) is 30.3 Å². The van der Waals surface area contributed by atoms with E-state index < -0.39 is 15.6 Å². The van der Waals surface area contributed by atoms with Crippen LogP contribution in [0.5, 0.6) is 5.75 Å². The molecule has 1 rings (SSSR count). The molecule has 0 saturated heterocycles. The van der Waals surface area contributed by atoms with Crippen molar-refractivity contribution in [3.8, 4) is 5.75 Å². The van der Waals surface area contributed by atoms with E-state index in [-0.39, 0.29) is 0 Å². The molecule has 0 N–H and O–H groups in total. The number of rotatable bonds is 4. The van der Waals surface area contributed by atoms with Crippen LogP contribution in [0.1, 0.15) is 0 Å². The second kappa shape index (κ2) is 8.38. The van der Waals surface area contributed by atoms with Gasteiger partial charge in [-0.05, 0) is 23.0 Å². The molecule has 0 saturated carbocycles. The van der Waals surface area contributed by atoms with E-state index in [1.54, 1.807) is 0 Å². The highest BCUT2D eigenvalue weighted by atomic mass is 32.2. The zero-order valence-electron chi connectivity index (χ0n) is 10.9. The molecule has 0 atom stereocenters. The molecule has 9 heteroatoms. The monoisotopic (exact) mass is 332 g/mol. The molecule has 0 amide bonds. The number of ether oxygens (including phenoxy) is 1. The standard InChI is InChI=1S/C10H15OS.CHF3O3S/c1-12(2)9-8-11-10-6-4-3-5-7-10;2-1(3,4)8(5,6)7/h3-7H,8-9H2,1-2H3;(H,5,6,7)/q+1;/p-1. The summed E-state index contributed by atoms with van der Waals surface area (Å²) in [7, 11) is -5.60. The highest BCUT2D eigenvalue weighted by molar-refractivity contribution is 7.95. The van der Waals surface area contributed by atoms with E-state index in [1.165, 1.54) is 0 Å². The Morgan fingerprint density at radius 2 is 1.65 bits per heavy atom. The molecule has 0 aliphatic heterocycles. The van der Waals surface area contributed by atoms with Crippen LogP contribution in [0.2, 0.25) is 0 Å². The Morgan fingerprint density at radius 1 is 1.20 bits per heavy atom. The molecule has 0 radical (unpaired) electrons. The fourth-order valence-corrected chi connectivity index (χ4v) is 1.26.